The van der Waals surface area contributed by atoms with Crippen molar-refractivity contribution in [2.24, 2.45) is 0 Å². The van der Waals surface area contributed by atoms with E-state index in [0.717, 1.165) is 17.5 Å². The fourth-order valence-electron chi connectivity index (χ4n) is 2.28. The van der Waals surface area contributed by atoms with Gasteiger partial charge in [-0.2, -0.15) is 3.96 Å². The molecule has 0 aliphatic heterocycles. The zero-order chi connectivity index (χ0) is 15.1. The van der Waals surface area contributed by atoms with Crippen LogP contribution in [0.1, 0.15) is 45.4 Å². The summed E-state index contributed by atoms with van der Waals surface area (Å²) in [6.45, 7) is 2.83. The van der Waals surface area contributed by atoms with Crippen molar-refractivity contribution in [3.63, 3.8) is 0 Å². The number of rotatable bonds is 7. The molecule has 0 aliphatic rings. The minimum absolute atomic E-state index is 0.226. The van der Waals surface area contributed by atoms with Gasteiger partial charge in [0.15, 0.2) is 0 Å². The first kappa shape index (κ1) is 15.8. The Balaban J connectivity index is 1.83. The van der Waals surface area contributed by atoms with Crippen LogP contribution < -0.4 is 10.9 Å². The van der Waals surface area contributed by atoms with Gasteiger partial charge >= 0.3 is 6.03 Å². The van der Waals surface area contributed by atoms with Crippen molar-refractivity contribution in [2.75, 3.05) is 6.54 Å². The highest BCUT2D eigenvalue weighted by atomic mass is 32.1. The van der Waals surface area contributed by atoms with Gasteiger partial charge in [-0.05, 0) is 30.1 Å². The van der Waals surface area contributed by atoms with E-state index in [9.17, 15) is 9.59 Å². The molecule has 1 N–H and O–H groups in total. The second-order valence-electron chi connectivity index (χ2n) is 5.19. The number of benzene rings is 1. The van der Waals surface area contributed by atoms with E-state index < -0.39 is 0 Å². The van der Waals surface area contributed by atoms with Crippen molar-refractivity contribution in [1.82, 2.24) is 9.27 Å². The third-order valence-electron chi connectivity index (χ3n) is 3.48. The van der Waals surface area contributed by atoms with Gasteiger partial charge in [0.1, 0.15) is 0 Å². The van der Waals surface area contributed by atoms with Crippen LogP contribution in [0, 0.1) is 0 Å². The molecule has 4 nitrogen and oxygen atoms in total. The smallest absolute Gasteiger partial charge is 0.337 e. The molecule has 114 valence electrons. The highest BCUT2D eigenvalue weighted by molar-refractivity contribution is 7.14. The molecule has 0 saturated heterocycles. The maximum atomic E-state index is 12.1. The Morgan fingerprint density at radius 1 is 1.14 bits per heavy atom. The van der Waals surface area contributed by atoms with E-state index in [-0.39, 0.29) is 11.6 Å². The van der Waals surface area contributed by atoms with Crippen LogP contribution in [0.4, 0.5) is 4.79 Å². The maximum Gasteiger partial charge on any atom is 0.338 e. The van der Waals surface area contributed by atoms with E-state index in [2.05, 4.69) is 12.2 Å². The summed E-state index contributed by atoms with van der Waals surface area (Å²) in [4.78, 5) is 24.1. The van der Waals surface area contributed by atoms with Gasteiger partial charge < -0.3 is 5.32 Å². The molecule has 2 aromatic rings. The van der Waals surface area contributed by atoms with Crippen LogP contribution in [0.5, 0.6) is 0 Å². The number of fused-ring (bicyclic) bond motifs is 1. The Hall–Kier alpha value is -1.62. The first-order chi connectivity index (χ1) is 10.2. The lowest BCUT2D eigenvalue weighted by Gasteiger charge is -2.04. The van der Waals surface area contributed by atoms with Crippen LogP contribution in [0.25, 0.3) is 10.1 Å². The van der Waals surface area contributed by atoms with Crippen molar-refractivity contribution in [3.8, 4) is 0 Å². The largest absolute Gasteiger partial charge is 0.338 e. The first-order valence-corrected chi connectivity index (χ1v) is 8.40. The van der Waals surface area contributed by atoms with E-state index in [0.29, 0.717) is 11.9 Å². The molecule has 0 bridgehead atoms. The Morgan fingerprint density at radius 2 is 1.86 bits per heavy atom. The summed E-state index contributed by atoms with van der Waals surface area (Å²) in [5.74, 6) is 0. The van der Waals surface area contributed by atoms with Crippen LogP contribution in [0.15, 0.2) is 29.1 Å². The molecule has 0 spiro atoms. The zero-order valence-electron chi connectivity index (χ0n) is 12.4. The van der Waals surface area contributed by atoms with E-state index in [4.69, 9.17) is 0 Å². The molecule has 0 atom stereocenters. The number of hydrogen-bond donors (Lipinski definition) is 1. The number of carbonyl (C=O) groups is 1. The average molecular weight is 306 g/mol. The zero-order valence-corrected chi connectivity index (χ0v) is 13.2. The summed E-state index contributed by atoms with van der Waals surface area (Å²) >= 11 is 1.20. The summed E-state index contributed by atoms with van der Waals surface area (Å²) in [5, 5.41) is 3.43. The second kappa shape index (κ2) is 7.98. The summed E-state index contributed by atoms with van der Waals surface area (Å²) in [6.07, 6.45) is 7.10. The average Bonchev–Trinajstić information content (AvgIpc) is 2.84. The summed E-state index contributed by atoms with van der Waals surface area (Å²) < 4.78 is 2.05. The van der Waals surface area contributed by atoms with E-state index in [1.54, 1.807) is 6.07 Å². The predicted molar refractivity (Wildman–Crippen MR) is 88.3 cm³/mol. The van der Waals surface area contributed by atoms with Crippen molar-refractivity contribution >= 4 is 27.6 Å². The van der Waals surface area contributed by atoms with E-state index in [1.807, 2.05) is 18.2 Å². The molecule has 1 amide bonds. The molecular formula is C16H22N2O2S. The summed E-state index contributed by atoms with van der Waals surface area (Å²) in [6, 6.07) is 6.99. The van der Waals surface area contributed by atoms with Crippen LogP contribution in [0.3, 0.4) is 0 Å². The van der Waals surface area contributed by atoms with Crippen molar-refractivity contribution < 1.29 is 4.79 Å². The Bertz CT molecular complexity index is 645. The minimum Gasteiger partial charge on any atom is -0.337 e. The van der Waals surface area contributed by atoms with Crippen LogP contribution in [0.2, 0.25) is 0 Å². The fraction of sp³-hybridized carbons (Fsp3) is 0.500. The Kier molecular flexibility index (Phi) is 5.99. The summed E-state index contributed by atoms with van der Waals surface area (Å²) in [5.41, 5.74) is -0.226. The lowest BCUT2D eigenvalue weighted by atomic mass is 10.1. The number of carbonyl (C=O) groups excluding carboxylic acids is 1. The molecule has 0 radical (unpaired) electrons. The fourth-order valence-corrected chi connectivity index (χ4v) is 3.20. The van der Waals surface area contributed by atoms with Crippen LogP contribution >= 0.6 is 11.5 Å². The predicted octanol–water partition coefficient (Wildman–Crippen LogP) is 3.98. The SMILES string of the molecule is CCCCCCCCNC(=O)n1sc2ccccc2c1=O. The van der Waals surface area contributed by atoms with Crippen molar-refractivity contribution in [2.45, 2.75) is 45.4 Å². The van der Waals surface area contributed by atoms with Gasteiger partial charge in [-0.15, -0.1) is 0 Å². The Labute approximate surface area is 128 Å². The molecule has 5 heteroatoms. The second-order valence-corrected chi connectivity index (χ2v) is 6.17. The number of nitrogens with one attached hydrogen (secondary N) is 1. The lowest BCUT2D eigenvalue weighted by Crippen LogP contribution is -2.33. The normalized spacial score (nSPS) is 10.9. The molecule has 2 rings (SSSR count). The number of unbranched alkanes of at least 4 members (excludes halogenated alkanes) is 5. The number of amides is 1. The number of hydrogen-bond acceptors (Lipinski definition) is 3. The monoisotopic (exact) mass is 306 g/mol. The van der Waals surface area contributed by atoms with Gasteiger partial charge in [-0.25, -0.2) is 4.79 Å². The number of nitrogens with zero attached hydrogens (tertiary/aromatic N) is 1. The highest BCUT2D eigenvalue weighted by Gasteiger charge is 2.12. The molecule has 1 heterocycles. The standard InChI is InChI=1S/C16H22N2O2S/c1-2-3-4-5-6-9-12-17-16(20)18-15(19)13-10-7-8-11-14(13)21-18/h7-8,10-11H,2-6,9,12H2,1H3,(H,17,20). The third kappa shape index (κ3) is 4.17. The third-order valence-corrected chi connectivity index (χ3v) is 4.55. The quantitative estimate of drug-likeness (QED) is 0.787. The number of aromatic nitrogens is 1. The molecule has 0 fully saturated rings. The van der Waals surface area contributed by atoms with E-state index >= 15 is 0 Å². The molecule has 0 unspecified atom stereocenters. The molecule has 0 saturated carbocycles. The van der Waals surface area contributed by atoms with Gasteiger partial charge in [-0.3, -0.25) is 4.79 Å². The summed E-state index contributed by atoms with van der Waals surface area (Å²) in [7, 11) is 0. The van der Waals surface area contributed by atoms with Gasteiger partial charge in [0.05, 0.1) is 10.1 Å². The Morgan fingerprint density at radius 3 is 2.62 bits per heavy atom. The van der Waals surface area contributed by atoms with E-state index in [1.165, 1.54) is 41.2 Å². The highest BCUT2D eigenvalue weighted by Crippen LogP contribution is 2.15. The minimum atomic E-state index is -0.310. The van der Waals surface area contributed by atoms with Crippen LogP contribution in [-0.2, 0) is 0 Å². The molecule has 1 aromatic carbocycles. The van der Waals surface area contributed by atoms with Gasteiger partial charge in [0.2, 0.25) is 0 Å². The van der Waals surface area contributed by atoms with Crippen molar-refractivity contribution in [1.29, 1.82) is 0 Å². The molecular weight excluding hydrogens is 284 g/mol. The molecule has 1 aromatic heterocycles. The molecule has 21 heavy (non-hydrogen) atoms. The maximum absolute atomic E-state index is 12.1. The molecule has 0 aliphatic carbocycles. The first-order valence-electron chi connectivity index (χ1n) is 7.63. The van der Waals surface area contributed by atoms with Gasteiger partial charge in [-0.1, -0.05) is 51.2 Å². The van der Waals surface area contributed by atoms with Crippen molar-refractivity contribution in [3.05, 3.63) is 34.6 Å². The van der Waals surface area contributed by atoms with Crippen LogP contribution in [-0.4, -0.2) is 16.5 Å². The topological polar surface area (TPSA) is 51.1 Å². The van der Waals surface area contributed by atoms with Gasteiger partial charge in [0.25, 0.3) is 5.56 Å². The van der Waals surface area contributed by atoms with Gasteiger partial charge in [0, 0.05) is 6.54 Å². The lowest BCUT2D eigenvalue weighted by molar-refractivity contribution is 0.243.